The van der Waals surface area contributed by atoms with Gasteiger partial charge in [0.15, 0.2) is 5.69 Å². The van der Waals surface area contributed by atoms with Crippen LogP contribution in [0.3, 0.4) is 0 Å². The highest BCUT2D eigenvalue weighted by atomic mass is 16.2. The third kappa shape index (κ3) is 2.00. The van der Waals surface area contributed by atoms with Crippen LogP contribution in [0.4, 0.5) is 5.69 Å². The van der Waals surface area contributed by atoms with Crippen molar-refractivity contribution in [1.82, 2.24) is 14.7 Å². The first-order chi connectivity index (χ1) is 10.2. The van der Waals surface area contributed by atoms with Crippen molar-refractivity contribution in [3.63, 3.8) is 0 Å². The second kappa shape index (κ2) is 4.62. The first-order valence-corrected chi connectivity index (χ1v) is 7.44. The molecule has 5 nitrogen and oxygen atoms in total. The van der Waals surface area contributed by atoms with Gasteiger partial charge in [-0.3, -0.25) is 4.79 Å². The average molecular weight is 282 g/mol. The number of nitrogen functional groups attached to an aromatic ring is 1. The zero-order valence-corrected chi connectivity index (χ0v) is 11.8. The van der Waals surface area contributed by atoms with E-state index in [9.17, 15) is 4.79 Å². The van der Waals surface area contributed by atoms with E-state index in [0.29, 0.717) is 23.3 Å². The summed E-state index contributed by atoms with van der Waals surface area (Å²) in [6, 6.07) is 9.73. The molecule has 2 heterocycles. The fourth-order valence-corrected chi connectivity index (χ4v) is 3.59. The van der Waals surface area contributed by atoms with Crippen LogP contribution in [0.5, 0.6) is 0 Å². The topological polar surface area (TPSA) is 64.2 Å². The summed E-state index contributed by atoms with van der Waals surface area (Å²) < 4.78 is 1.68. The smallest absolute Gasteiger partial charge is 0.274 e. The number of amides is 1. The van der Waals surface area contributed by atoms with Crippen LogP contribution in [-0.4, -0.2) is 33.2 Å². The van der Waals surface area contributed by atoms with Gasteiger partial charge in [-0.25, -0.2) is 4.68 Å². The zero-order chi connectivity index (χ0) is 14.4. The third-order valence-corrected chi connectivity index (χ3v) is 4.66. The molecule has 4 rings (SSSR count). The van der Waals surface area contributed by atoms with Gasteiger partial charge in [0.1, 0.15) is 0 Å². The Morgan fingerprint density at radius 1 is 1.24 bits per heavy atom. The van der Waals surface area contributed by atoms with Crippen LogP contribution in [0.2, 0.25) is 0 Å². The molecule has 2 aliphatic rings. The number of hydrogen-bond donors (Lipinski definition) is 1. The maximum absolute atomic E-state index is 12.6. The molecule has 2 aromatic rings. The summed E-state index contributed by atoms with van der Waals surface area (Å²) in [6.45, 7) is 0.893. The molecule has 5 heteroatoms. The van der Waals surface area contributed by atoms with Gasteiger partial charge in [0.05, 0.1) is 11.4 Å². The predicted octanol–water partition coefficient (Wildman–Crippen LogP) is 2.08. The van der Waals surface area contributed by atoms with E-state index >= 15 is 0 Å². The SMILES string of the molecule is Nc1ccccc1-n1ccc(C(=O)N2CC3CCC2C3)n1. The molecule has 0 radical (unpaired) electrons. The van der Waals surface area contributed by atoms with Gasteiger partial charge in [-0.2, -0.15) is 5.10 Å². The highest BCUT2D eigenvalue weighted by molar-refractivity contribution is 5.92. The van der Waals surface area contributed by atoms with Crippen molar-refractivity contribution in [2.24, 2.45) is 5.92 Å². The standard InChI is InChI=1S/C16H18N4O/c17-13-3-1-2-4-15(13)20-8-7-14(18-20)16(21)19-10-11-5-6-12(19)9-11/h1-4,7-8,11-12H,5-6,9-10,17H2. The fraction of sp³-hybridized carbons (Fsp3) is 0.375. The van der Waals surface area contributed by atoms with E-state index < -0.39 is 0 Å². The van der Waals surface area contributed by atoms with Crippen LogP contribution < -0.4 is 5.73 Å². The highest BCUT2D eigenvalue weighted by Gasteiger charge is 2.40. The van der Waals surface area contributed by atoms with Gasteiger partial charge >= 0.3 is 0 Å². The second-order valence-corrected chi connectivity index (χ2v) is 5.99. The number of nitrogens with zero attached hydrogens (tertiary/aromatic N) is 3. The summed E-state index contributed by atoms with van der Waals surface area (Å²) in [5.41, 5.74) is 7.92. The van der Waals surface area contributed by atoms with Crippen molar-refractivity contribution in [3.05, 3.63) is 42.2 Å². The largest absolute Gasteiger partial charge is 0.397 e. The quantitative estimate of drug-likeness (QED) is 0.858. The number of piperidine rings is 1. The first kappa shape index (κ1) is 12.4. The molecule has 0 spiro atoms. The van der Waals surface area contributed by atoms with Crippen molar-refractivity contribution >= 4 is 11.6 Å². The number of rotatable bonds is 2. The van der Waals surface area contributed by atoms with Crippen LogP contribution in [0.15, 0.2) is 36.5 Å². The fourth-order valence-electron chi connectivity index (χ4n) is 3.59. The number of carbonyl (C=O) groups excluding carboxylic acids is 1. The molecule has 108 valence electrons. The molecule has 2 N–H and O–H groups in total. The van der Waals surface area contributed by atoms with E-state index in [4.69, 9.17) is 5.73 Å². The molecule has 1 saturated carbocycles. The van der Waals surface area contributed by atoms with E-state index in [2.05, 4.69) is 5.10 Å². The molecule has 1 saturated heterocycles. The Morgan fingerprint density at radius 3 is 2.81 bits per heavy atom. The molecule has 2 atom stereocenters. The third-order valence-electron chi connectivity index (χ3n) is 4.66. The predicted molar refractivity (Wildman–Crippen MR) is 80.1 cm³/mol. The lowest BCUT2D eigenvalue weighted by Crippen LogP contribution is -2.37. The van der Waals surface area contributed by atoms with Crippen molar-refractivity contribution < 1.29 is 4.79 Å². The van der Waals surface area contributed by atoms with Crippen molar-refractivity contribution in [2.45, 2.75) is 25.3 Å². The highest BCUT2D eigenvalue weighted by Crippen LogP contribution is 2.37. The lowest BCUT2D eigenvalue weighted by atomic mass is 10.1. The Hall–Kier alpha value is -2.30. The number of nitrogens with two attached hydrogens (primary N) is 1. The van der Waals surface area contributed by atoms with Gasteiger partial charge < -0.3 is 10.6 Å². The molecule has 2 unspecified atom stereocenters. The Balaban J connectivity index is 1.60. The maximum atomic E-state index is 12.6. The number of hydrogen-bond acceptors (Lipinski definition) is 3. The second-order valence-electron chi connectivity index (χ2n) is 5.99. The summed E-state index contributed by atoms with van der Waals surface area (Å²) in [6.07, 6.45) is 5.37. The molecule has 1 aliphatic carbocycles. The lowest BCUT2D eigenvalue weighted by molar-refractivity contribution is 0.0697. The van der Waals surface area contributed by atoms with Gasteiger partial charge in [-0.05, 0) is 43.4 Å². The molecule has 1 amide bonds. The number of likely N-dealkylation sites (tertiary alicyclic amines) is 1. The minimum atomic E-state index is 0.0513. The van der Waals surface area contributed by atoms with Crippen LogP contribution >= 0.6 is 0 Å². The van der Waals surface area contributed by atoms with Crippen LogP contribution in [0.1, 0.15) is 29.8 Å². The molecule has 2 bridgehead atoms. The van der Waals surface area contributed by atoms with Crippen LogP contribution in [0.25, 0.3) is 5.69 Å². The molecular weight excluding hydrogens is 264 g/mol. The lowest BCUT2D eigenvalue weighted by Gasteiger charge is -2.26. The monoisotopic (exact) mass is 282 g/mol. The Morgan fingerprint density at radius 2 is 2.10 bits per heavy atom. The molecular formula is C16H18N4O. The summed E-state index contributed by atoms with van der Waals surface area (Å²) in [5, 5.41) is 4.41. The van der Waals surface area contributed by atoms with E-state index in [1.165, 1.54) is 6.42 Å². The summed E-state index contributed by atoms with van der Waals surface area (Å²) in [4.78, 5) is 14.6. The average Bonchev–Trinajstić information content (AvgIpc) is 3.23. The number of fused-ring (bicyclic) bond motifs is 2. The number of carbonyl (C=O) groups is 1. The summed E-state index contributed by atoms with van der Waals surface area (Å²) >= 11 is 0. The van der Waals surface area contributed by atoms with Gasteiger partial charge in [-0.15, -0.1) is 0 Å². The summed E-state index contributed by atoms with van der Waals surface area (Å²) in [7, 11) is 0. The van der Waals surface area contributed by atoms with Crippen LogP contribution in [0, 0.1) is 5.92 Å². The molecule has 1 aliphatic heterocycles. The Kier molecular flexibility index (Phi) is 2.74. The van der Waals surface area contributed by atoms with Gasteiger partial charge in [-0.1, -0.05) is 12.1 Å². The van der Waals surface area contributed by atoms with Crippen molar-refractivity contribution in [1.29, 1.82) is 0 Å². The van der Waals surface area contributed by atoms with E-state index in [1.54, 1.807) is 16.9 Å². The maximum Gasteiger partial charge on any atom is 0.274 e. The van der Waals surface area contributed by atoms with E-state index in [0.717, 1.165) is 25.1 Å². The van der Waals surface area contributed by atoms with Crippen molar-refractivity contribution in [2.75, 3.05) is 12.3 Å². The van der Waals surface area contributed by atoms with Crippen molar-refractivity contribution in [3.8, 4) is 5.69 Å². The molecule has 21 heavy (non-hydrogen) atoms. The first-order valence-electron chi connectivity index (χ1n) is 7.44. The zero-order valence-electron chi connectivity index (χ0n) is 11.8. The van der Waals surface area contributed by atoms with Crippen LogP contribution in [-0.2, 0) is 0 Å². The van der Waals surface area contributed by atoms with E-state index in [-0.39, 0.29) is 5.91 Å². The molecule has 2 fully saturated rings. The number of aromatic nitrogens is 2. The molecule has 1 aromatic heterocycles. The minimum Gasteiger partial charge on any atom is -0.397 e. The Bertz CT molecular complexity index is 693. The minimum absolute atomic E-state index is 0.0513. The normalized spacial score (nSPS) is 23.7. The number of anilines is 1. The number of benzene rings is 1. The van der Waals surface area contributed by atoms with E-state index in [1.807, 2.05) is 29.2 Å². The van der Waals surface area contributed by atoms with Gasteiger partial charge in [0.2, 0.25) is 0 Å². The molecule has 1 aromatic carbocycles. The Labute approximate surface area is 123 Å². The number of para-hydroxylation sites is 2. The van der Waals surface area contributed by atoms with Gasteiger partial charge in [0.25, 0.3) is 5.91 Å². The van der Waals surface area contributed by atoms with Gasteiger partial charge in [0, 0.05) is 18.8 Å². The summed E-state index contributed by atoms with van der Waals surface area (Å²) in [5.74, 6) is 0.751.